The van der Waals surface area contributed by atoms with Crippen LogP contribution in [-0.4, -0.2) is 18.1 Å². The molecule has 0 amide bonds. The number of aromatic nitrogens is 1. The normalized spacial score (nSPS) is 12.4. The molecule has 1 aromatic heterocycles. The van der Waals surface area contributed by atoms with Crippen LogP contribution in [0.1, 0.15) is 31.0 Å². The molecular formula is C16H19FN2O. The van der Waals surface area contributed by atoms with Crippen molar-refractivity contribution in [3.05, 3.63) is 59.7 Å². The maximum atomic E-state index is 13.3. The van der Waals surface area contributed by atoms with Crippen LogP contribution in [0, 0.1) is 5.82 Å². The van der Waals surface area contributed by atoms with Crippen molar-refractivity contribution in [1.82, 2.24) is 10.3 Å². The van der Waals surface area contributed by atoms with Gasteiger partial charge >= 0.3 is 0 Å². The minimum Gasteiger partial charge on any atom is -0.491 e. The standard InChI is InChI=1S/C16H19FN2O/c1-11(2)20-15-6-4-5-12(8-15)16(18-3)13-7-14(17)10-19-9-13/h4-11,16,18H,1-3H3. The molecule has 2 aromatic rings. The number of ether oxygens (including phenoxy) is 1. The maximum absolute atomic E-state index is 13.3. The number of pyridine rings is 1. The Bertz CT molecular complexity index is 572. The zero-order valence-electron chi connectivity index (χ0n) is 11.9. The molecule has 0 aliphatic heterocycles. The molecule has 0 aliphatic rings. The van der Waals surface area contributed by atoms with Crippen LogP contribution in [-0.2, 0) is 0 Å². The van der Waals surface area contributed by atoms with Crippen molar-refractivity contribution in [1.29, 1.82) is 0 Å². The van der Waals surface area contributed by atoms with Crippen molar-refractivity contribution < 1.29 is 9.13 Å². The van der Waals surface area contributed by atoms with Gasteiger partial charge in [-0.15, -0.1) is 0 Å². The molecule has 0 bridgehead atoms. The summed E-state index contributed by atoms with van der Waals surface area (Å²) in [6.07, 6.45) is 2.99. The predicted octanol–water partition coefficient (Wildman–Crippen LogP) is 3.32. The quantitative estimate of drug-likeness (QED) is 0.908. The molecule has 0 saturated carbocycles. The summed E-state index contributed by atoms with van der Waals surface area (Å²) in [7, 11) is 1.84. The minimum atomic E-state index is -0.336. The molecule has 106 valence electrons. The van der Waals surface area contributed by atoms with Crippen molar-refractivity contribution in [3.63, 3.8) is 0 Å². The van der Waals surface area contributed by atoms with E-state index < -0.39 is 0 Å². The van der Waals surface area contributed by atoms with Gasteiger partial charge in [0.2, 0.25) is 0 Å². The average Bonchev–Trinajstić information content (AvgIpc) is 2.39. The molecule has 3 nitrogen and oxygen atoms in total. The summed E-state index contributed by atoms with van der Waals surface area (Å²) < 4.78 is 19.0. The highest BCUT2D eigenvalue weighted by molar-refractivity contribution is 5.36. The molecule has 2 rings (SSSR count). The van der Waals surface area contributed by atoms with E-state index in [1.807, 2.05) is 45.2 Å². The number of halogens is 1. The molecule has 1 unspecified atom stereocenters. The molecule has 4 heteroatoms. The van der Waals surface area contributed by atoms with Crippen LogP contribution < -0.4 is 10.1 Å². The fourth-order valence-corrected chi connectivity index (χ4v) is 2.15. The van der Waals surface area contributed by atoms with Gasteiger partial charge in [0, 0.05) is 6.20 Å². The van der Waals surface area contributed by atoms with Crippen LogP contribution in [0.15, 0.2) is 42.7 Å². The van der Waals surface area contributed by atoms with E-state index >= 15 is 0 Å². The molecule has 1 heterocycles. The summed E-state index contributed by atoms with van der Waals surface area (Å²) in [5.74, 6) is 0.472. The van der Waals surface area contributed by atoms with Gasteiger partial charge in [0.25, 0.3) is 0 Å². The van der Waals surface area contributed by atoms with Gasteiger partial charge in [-0.2, -0.15) is 0 Å². The molecule has 0 aliphatic carbocycles. The van der Waals surface area contributed by atoms with Crippen LogP contribution in [0.4, 0.5) is 4.39 Å². The first kappa shape index (κ1) is 14.5. The lowest BCUT2D eigenvalue weighted by atomic mass is 10.00. The molecule has 0 saturated heterocycles. The third-order valence-corrected chi connectivity index (χ3v) is 2.91. The smallest absolute Gasteiger partial charge is 0.141 e. The van der Waals surface area contributed by atoms with Crippen LogP contribution in [0.2, 0.25) is 0 Å². The SMILES string of the molecule is CNC(c1cncc(F)c1)c1cccc(OC(C)C)c1. The van der Waals surface area contributed by atoms with E-state index in [1.165, 1.54) is 12.3 Å². The third kappa shape index (κ3) is 3.54. The van der Waals surface area contributed by atoms with Crippen molar-refractivity contribution in [2.45, 2.75) is 26.0 Å². The Morgan fingerprint density at radius 1 is 1.15 bits per heavy atom. The van der Waals surface area contributed by atoms with Crippen LogP contribution >= 0.6 is 0 Å². The molecule has 0 fully saturated rings. The lowest BCUT2D eigenvalue weighted by Gasteiger charge is -2.18. The minimum absolute atomic E-state index is 0.117. The number of nitrogens with zero attached hydrogens (tertiary/aromatic N) is 1. The zero-order valence-corrected chi connectivity index (χ0v) is 11.9. The van der Waals surface area contributed by atoms with Gasteiger partial charge in [-0.05, 0) is 50.2 Å². The molecule has 1 aromatic carbocycles. The van der Waals surface area contributed by atoms with Crippen LogP contribution in [0.3, 0.4) is 0 Å². The Morgan fingerprint density at radius 3 is 2.60 bits per heavy atom. The summed E-state index contributed by atoms with van der Waals surface area (Å²) in [6.45, 7) is 3.97. The highest BCUT2D eigenvalue weighted by Crippen LogP contribution is 2.25. The summed E-state index contributed by atoms with van der Waals surface area (Å²) in [5.41, 5.74) is 1.80. The fraction of sp³-hybridized carbons (Fsp3) is 0.312. The molecule has 0 spiro atoms. The second-order valence-electron chi connectivity index (χ2n) is 4.90. The van der Waals surface area contributed by atoms with Crippen LogP contribution in [0.25, 0.3) is 0 Å². The lowest BCUT2D eigenvalue weighted by molar-refractivity contribution is 0.242. The molecular weight excluding hydrogens is 255 g/mol. The number of rotatable bonds is 5. The highest BCUT2D eigenvalue weighted by Gasteiger charge is 2.14. The number of hydrogen-bond acceptors (Lipinski definition) is 3. The van der Waals surface area contributed by atoms with Crippen molar-refractivity contribution >= 4 is 0 Å². The molecule has 20 heavy (non-hydrogen) atoms. The van der Waals surface area contributed by atoms with Gasteiger partial charge in [-0.25, -0.2) is 4.39 Å². The Hall–Kier alpha value is -1.94. The van der Waals surface area contributed by atoms with Gasteiger partial charge < -0.3 is 10.1 Å². The average molecular weight is 274 g/mol. The van der Waals surface area contributed by atoms with Crippen molar-refractivity contribution in [2.75, 3.05) is 7.05 Å². The van der Waals surface area contributed by atoms with Crippen LogP contribution in [0.5, 0.6) is 5.75 Å². The van der Waals surface area contributed by atoms with Gasteiger partial charge in [-0.1, -0.05) is 12.1 Å². The Morgan fingerprint density at radius 2 is 1.95 bits per heavy atom. The Kier molecular flexibility index (Phi) is 4.69. The molecule has 1 N–H and O–H groups in total. The van der Waals surface area contributed by atoms with Gasteiger partial charge in [-0.3, -0.25) is 4.98 Å². The second-order valence-corrected chi connectivity index (χ2v) is 4.90. The summed E-state index contributed by atoms with van der Waals surface area (Å²) in [4.78, 5) is 3.90. The fourth-order valence-electron chi connectivity index (χ4n) is 2.15. The van der Waals surface area contributed by atoms with E-state index in [0.29, 0.717) is 0 Å². The number of benzene rings is 1. The first-order valence-corrected chi connectivity index (χ1v) is 6.64. The maximum Gasteiger partial charge on any atom is 0.141 e. The largest absolute Gasteiger partial charge is 0.491 e. The molecule has 0 radical (unpaired) electrons. The number of nitrogens with one attached hydrogen (secondary N) is 1. The van der Waals surface area contributed by atoms with Gasteiger partial charge in [0.15, 0.2) is 0 Å². The van der Waals surface area contributed by atoms with E-state index in [-0.39, 0.29) is 18.0 Å². The van der Waals surface area contributed by atoms with E-state index in [9.17, 15) is 4.39 Å². The molecule has 1 atom stereocenters. The number of hydrogen-bond donors (Lipinski definition) is 1. The highest BCUT2D eigenvalue weighted by atomic mass is 19.1. The summed E-state index contributed by atoms with van der Waals surface area (Å²) >= 11 is 0. The Labute approximate surface area is 118 Å². The van der Waals surface area contributed by atoms with Gasteiger partial charge in [0.1, 0.15) is 11.6 Å². The van der Waals surface area contributed by atoms with Crippen molar-refractivity contribution in [3.8, 4) is 5.75 Å². The first-order chi connectivity index (χ1) is 9.60. The third-order valence-electron chi connectivity index (χ3n) is 2.91. The van der Waals surface area contributed by atoms with E-state index in [1.54, 1.807) is 6.20 Å². The summed E-state index contributed by atoms with van der Waals surface area (Å²) in [5, 5.41) is 3.18. The monoisotopic (exact) mass is 274 g/mol. The predicted molar refractivity (Wildman–Crippen MR) is 77.3 cm³/mol. The van der Waals surface area contributed by atoms with Gasteiger partial charge in [0.05, 0.1) is 18.3 Å². The van der Waals surface area contributed by atoms with E-state index in [4.69, 9.17) is 4.74 Å². The summed E-state index contributed by atoms with van der Waals surface area (Å²) in [6, 6.07) is 9.17. The first-order valence-electron chi connectivity index (χ1n) is 6.64. The van der Waals surface area contributed by atoms with E-state index in [2.05, 4.69) is 10.3 Å². The van der Waals surface area contributed by atoms with E-state index in [0.717, 1.165) is 16.9 Å². The zero-order chi connectivity index (χ0) is 14.5. The Balaban J connectivity index is 2.32. The topological polar surface area (TPSA) is 34.2 Å². The second kappa shape index (κ2) is 6.48. The van der Waals surface area contributed by atoms with Crippen molar-refractivity contribution in [2.24, 2.45) is 0 Å². The lowest BCUT2D eigenvalue weighted by Crippen LogP contribution is -2.18.